The van der Waals surface area contributed by atoms with Crippen LogP contribution in [0.3, 0.4) is 0 Å². The van der Waals surface area contributed by atoms with Gasteiger partial charge in [-0.2, -0.15) is 0 Å². The third-order valence-corrected chi connectivity index (χ3v) is 4.57. The quantitative estimate of drug-likeness (QED) is 0.561. The highest BCUT2D eigenvalue weighted by Crippen LogP contribution is 2.45. The summed E-state index contributed by atoms with van der Waals surface area (Å²) in [4.78, 5) is 0. The van der Waals surface area contributed by atoms with Crippen molar-refractivity contribution in [1.82, 2.24) is 4.67 Å². The number of hydrogen-bond donors (Lipinski definition) is 0. The van der Waals surface area contributed by atoms with Gasteiger partial charge in [0.1, 0.15) is 0 Å². The summed E-state index contributed by atoms with van der Waals surface area (Å²) in [6.45, 7) is 10.9. The lowest BCUT2D eigenvalue weighted by Gasteiger charge is -2.27. The molecule has 0 heterocycles. The molecule has 0 fully saturated rings. The Kier molecular flexibility index (Phi) is 3.34. The molecule has 0 saturated heterocycles. The molecule has 0 N–H and O–H groups in total. The van der Waals surface area contributed by atoms with Crippen molar-refractivity contribution in [3.05, 3.63) is 0 Å². The van der Waals surface area contributed by atoms with Crippen molar-refractivity contribution in [3.8, 4) is 0 Å². The first-order valence-electron chi connectivity index (χ1n) is 3.91. The first-order chi connectivity index (χ1) is 4.65. The van der Waals surface area contributed by atoms with Crippen molar-refractivity contribution in [3.63, 3.8) is 0 Å². The highest BCUT2D eigenvalue weighted by atomic mass is 31.2. The maximum Gasteiger partial charge on any atom is 0.0524 e. The lowest BCUT2D eigenvalue weighted by Crippen LogP contribution is -2.14. The van der Waals surface area contributed by atoms with E-state index >= 15 is 0 Å². The van der Waals surface area contributed by atoms with E-state index < -0.39 is 7.21 Å². The fourth-order valence-corrected chi connectivity index (χ4v) is 2.47. The normalized spacial score (nSPS) is 13.8. The van der Waals surface area contributed by atoms with Gasteiger partial charge in [0.25, 0.3) is 0 Å². The molecule has 0 atom stereocenters. The average molecular weight is 176 g/mol. The molecule has 0 radical (unpaired) electrons. The van der Waals surface area contributed by atoms with Crippen molar-refractivity contribution in [2.75, 3.05) is 27.4 Å². The SMILES string of the molecule is CN(C)P(C)(C)=NC(C)(C)C. The Labute approximate surface area is 71.1 Å². The highest BCUT2D eigenvalue weighted by Gasteiger charge is 2.14. The van der Waals surface area contributed by atoms with Gasteiger partial charge < -0.3 is 0 Å². The van der Waals surface area contributed by atoms with Gasteiger partial charge in [-0.05, 0) is 48.2 Å². The zero-order valence-corrected chi connectivity index (χ0v) is 9.74. The average Bonchev–Trinajstić information content (AvgIpc) is 1.56. The lowest BCUT2D eigenvalue weighted by molar-refractivity contribution is 0.575. The summed E-state index contributed by atoms with van der Waals surface area (Å²) in [5.41, 5.74) is 0.0988. The van der Waals surface area contributed by atoms with Gasteiger partial charge >= 0.3 is 0 Å². The molecule has 0 aliphatic heterocycles. The van der Waals surface area contributed by atoms with Crippen LogP contribution in [0, 0.1) is 0 Å². The van der Waals surface area contributed by atoms with Gasteiger partial charge in [-0.1, -0.05) is 0 Å². The Bertz CT molecular complexity index is 171. The molecule has 2 nitrogen and oxygen atoms in total. The lowest BCUT2D eigenvalue weighted by atomic mass is 10.1. The van der Waals surface area contributed by atoms with Crippen LogP contribution in [0.1, 0.15) is 20.8 Å². The topological polar surface area (TPSA) is 15.6 Å². The predicted molar refractivity (Wildman–Crippen MR) is 54.6 cm³/mol. The van der Waals surface area contributed by atoms with E-state index in [-0.39, 0.29) is 5.54 Å². The molecule has 0 saturated carbocycles. The molecule has 0 aromatic heterocycles. The number of rotatable bonds is 1. The van der Waals surface area contributed by atoms with Crippen LogP contribution in [-0.2, 0) is 0 Å². The van der Waals surface area contributed by atoms with Crippen molar-refractivity contribution >= 4 is 7.21 Å². The van der Waals surface area contributed by atoms with Crippen LogP contribution < -0.4 is 0 Å². The Balaban J connectivity index is 4.67. The van der Waals surface area contributed by atoms with E-state index in [1.807, 2.05) is 0 Å². The largest absolute Gasteiger partial charge is 0.283 e. The summed E-state index contributed by atoms with van der Waals surface area (Å²) in [5, 5.41) is 0. The molecule has 11 heavy (non-hydrogen) atoms. The second-order valence-electron chi connectivity index (χ2n) is 4.45. The predicted octanol–water partition coefficient (Wildman–Crippen LogP) is 2.72. The van der Waals surface area contributed by atoms with E-state index in [2.05, 4.69) is 52.9 Å². The second-order valence-corrected chi connectivity index (χ2v) is 8.13. The van der Waals surface area contributed by atoms with Crippen LogP contribution >= 0.6 is 7.21 Å². The summed E-state index contributed by atoms with van der Waals surface area (Å²) < 4.78 is 7.01. The molecular formula is C8H21N2P. The Morgan fingerprint density at radius 1 is 1.09 bits per heavy atom. The zero-order chi connectivity index (χ0) is 9.28. The summed E-state index contributed by atoms with van der Waals surface area (Å²) >= 11 is 0. The van der Waals surface area contributed by atoms with Crippen LogP contribution in [-0.4, -0.2) is 37.6 Å². The third kappa shape index (κ3) is 4.60. The molecule has 0 bridgehead atoms. The number of nitrogens with zero attached hydrogens (tertiary/aromatic N) is 2. The fourth-order valence-electron chi connectivity index (χ4n) is 0.824. The molecule has 0 spiro atoms. The van der Waals surface area contributed by atoms with Crippen molar-refractivity contribution in [2.24, 2.45) is 4.74 Å². The smallest absolute Gasteiger partial charge is 0.0524 e. The van der Waals surface area contributed by atoms with Crippen molar-refractivity contribution < 1.29 is 0 Å². The summed E-state index contributed by atoms with van der Waals surface area (Å²) in [6, 6.07) is 0. The van der Waals surface area contributed by atoms with Gasteiger partial charge in [0.2, 0.25) is 0 Å². The van der Waals surface area contributed by atoms with E-state index in [0.29, 0.717) is 0 Å². The standard InChI is InChI=1S/C8H21N2P/c1-8(2,3)9-11(6,7)10(4)5/h1-7H3. The molecule has 0 aliphatic rings. The van der Waals surface area contributed by atoms with E-state index in [0.717, 1.165) is 0 Å². The monoisotopic (exact) mass is 176 g/mol. The van der Waals surface area contributed by atoms with Crippen LogP contribution in [0.2, 0.25) is 0 Å². The summed E-state index contributed by atoms with van der Waals surface area (Å²) in [5.74, 6) is 0. The summed E-state index contributed by atoms with van der Waals surface area (Å²) in [7, 11) is 3.02. The van der Waals surface area contributed by atoms with Crippen molar-refractivity contribution in [2.45, 2.75) is 26.3 Å². The van der Waals surface area contributed by atoms with Gasteiger partial charge in [-0.15, -0.1) is 0 Å². The van der Waals surface area contributed by atoms with E-state index in [1.165, 1.54) is 0 Å². The molecule has 0 unspecified atom stereocenters. The van der Waals surface area contributed by atoms with Gasteiger partial charge in [0, 0.05) is 7.21 Å². The Morgan fingerprint density at radius 2 is 1.45 bits per heavy atom. The first-order valence-corrected chi connectivity index (χ1v) is 6.50. The minimum absolute atomic E-state index is 0.0988. The minimum Gasteiger partial charge on any atom is -0.283 e. The van der Waals surface area contributed by atoms with Gasteiger partial charge in [-0.3, -0.25) is 9.42 Å². The maximum atomic E-state index is 4.78. The molecular weight excluding hydrogens is 155 g/mol. The Hall–Kier alpha value is 0.190. The van der Waals surface area contributed by atoms with E-state index in [1.54, 1.807) is 0 Å². The fraction of sp³-hybridized carbons (Fsp3) is 1.00. The number of hydrogen-bond acceptors (Lipinski definition) is 1. The van der Waals surface area contributed by atoms with Crippen LogP contribution in [0.5, 0.6) is 0 Å². The molecule has 0 aliphatic carbocycles. The third-order valence-electron chi connectivity index (χ3n) is 1.52. The summed E-state index contributed by atoms with van der Waals surface area (Å²) in [6.07, 6.45) is 0. The first kappa shape index (κ1) is 11.2. The van der Waals surface area contributed by atoms with Crippen LogP contribution in [0.4, 0.5) is 0 Å². The maximum absolute atomic E-state index is 4.78. The van der Waals surface area contributed by atoms with Crippen LogP contribution in [0.25, 0.3) is 0 Å². The van der Waals surface area contributed by atoms with Gasteiger partial charge in [-0.25, -0.2) is 0 Å². The molecule has 0 rings (SSSR count). The Morgan fingerprint density at radius 3 is 1.55 bits per heavy atom. The van der Waals surface area contributed by atoms with Gasteiger partial charge in [0.15, 0.2) is 0 Å². The van der Waals surface area contributed by atoms with Crippen molar-refractivity contribution in [1.29, 1.82) is 0 Å². The zero-order valence-electron chi connectivity index (χ0n) is 8.84. The van der Waals surface area contributed by atoms with Crippen LogP contribution in [0.15, 0.2) is 4.74 Å². The molecule has 0 aromatic carbocycles. The molecule has 68 valence electrons. The molecule has 3 heteroatoms. The minimum atomic E-state index is -1.18. The van der Waals surface area contributed by atoms with Gasteiger partial charge in [0.05, 0.1) is 5.54 Å². The molecule has 0 aromatic rings. The van der Waals surface area contributed by atoms with E-state index in [4.69, 9.17) is 4.74 Å². The highest BCUT2D eigenvalue weighted by molar-refractivity contribution is 7.62. The van der Waals surface area contributed by atoms with E-state index in [9.17, 15) is 0 Å². The molecule has 0 amide bonds. The second kappa shape index (κ2) is 3.28.